The highest BCUT2D eigenvalue weighted by molar-refractivity contribution is 6.42. The van der Waals surface area contributed by atoms with Crippen LogP contribution in [-0.2, 0) is 20.7 Å². The molecular weight excluding hydrogens is 473 g/mol. The maximum Gasteiger partial charge on any atom is 0.290 e. The standard InChI is InChI=1S/C27H27Cl2NO4/c1-15-3-10-22-19(13-15)25(31)23-24(17-6-9-20(28)21(29)14-17)30(27(32)26(23)34-22)12-11-16-4-7-18(33-2)8-5-16/h4-9,14-15,19,22,24H,3,10-13H2,1-2H3. The molecule has 1 saturated carbocycles. The van der Waals surface area contributed by atoms with Crippen LogP contribution in [0.3, 0.4) is 0 Å². The van der Waals surface area contributed by atoms with Crippen LogP contribution in [0, 0.1) is 11.8 Å². The zero-order chi connectivity index (χ0) is 24.0. The lowest BCUT2D eigenvalue weighted by Gasteiger charge is -2.37. The van der Waals surface area contributed by atoms with Crippen LogP contribution in [-0.4, -0.2) is 36.3 Å². The third-order valence-electron chi connectivity index (χ3n) is 7.27. The molecule has 2 aromatic rings. The maximum absolute atomic E-state index is 13.8. The third kappa shape index (κ3) is 4.09. The van der Waals surface area contributed by atoms with E-state index in [1.165, 1.54) is 0 Å². The molecule has 178 valence electrons. The number of carbonyl (C=O) groups excluding carboxylic acids is 2. The minimum absolute atomic E-state index is 0.0363. The van der Waals surface area contributed by atoms with Crippen LogP contribution >= 0.6 is 23.2 Å². The van der Waals surface area contributed by atoms with Gasteiger partial charge in [0.1, 0.15) is 11.9 Å². The Kier molecular flexibility index (Phi) is 6.34. The fourth-order valence-corrected chi connectivity index (χ4v) is 5.73. The number of benzene rings is 2. The number of ketones is 1. The van der Waals surface area contributed by atoms with Crippen molar-refractivity contribution in [1.82, 2.24) is 4.90 Å². The van der Waals surface area contributed by atoms with Crippen molar-refractivity contribution in [3.63, 3.8) is 0 Å². The van der Waals surface area contributed by atoms with Gasteiger partial charge in [0.05, 0.1) is 34.7 Å². The second-order valence-electron chi connectivity index (χ2n) is 9.46. The fourth-order valence-electron chi connectivity index (χ4n) is 5.43. The van der Waals surface area contributed by atoms with Crippen molar-refractivity contribution >= 4 is 34.9 Å². The Morgan fingerprint density at radius 3 is 2.53 bits per heavy atom. The maximum atomic E-state index is 13.8. The molecule has 3 aliphatic rings. The van der Waals surface area contributed by atoms with Crippen molar-refractivity contribution in [1.29, 1.82) is 0 Å². The van der Waals surface area contributed by atoms with E-state index in [2.05, 4.69) is 6.92 Å². The summed E-state index contributed by atoms with van der Waals surface area (Å²) in [6.07, 6.45) is 3.00. The molecule has 0 radical (unpaired) electrons. The second kappa shape index (κ2) is 9.27. The van der Waals surface area contributed by atoms with Gasteiger partial charge in [-0.05, 0) is 67.0 Å². The Hall–Kier alpha value is -2.50. The number of hydrogen-bond donors (Lipinski definition) is 0. The van der Waals surface area contributed by atoms with E-state index in [0.717, 1.165) is 36.1 Å². The van der Waals surface area contributed by atoms with Crippen LogP contribution in [0.15, 0.2) is 53.8 Å². The average Bonchev–Trinajstić information content (AvgIpc) is 3.12. The lowest BCUT2D eigenvalue weighted by atomic mass is 9.74. The summed E-state index contributed by atoms with van der Waals surface area (Å²) in [7, 11) is 1.63. The Bertz CT molecular complexity index is 1160. The zero-order valence-electron chi connectivity index (χ0n) is 19.2. The van der Waals surface area contributed by atoms with Crippen LogP contribution < -0.4 is 4.74 Å². The van der Waals surface area contributed by atoms with E-state index in [1.807, 2.05) is 30.3 Å². The minimum atomic E-state index is -0.541. The molecule has 4 atom stereocenters. The molecule has 2 aliphatic heterocycles. The summed E-state index contributed by atoms with van der Waals surface area (Å²) in [4.78, 5) is 29.1. The molecule has 0 spiro atoms. The summed E-state index contributed by atoms with van der Waals surface area (Å²) < 4.78 is 11.5. The van der Waals surface area contributed by atoms with Crippen LogP contribution in [0.2, 0.25) is 10.0 Å². The number of rotatable bonds is 5. The smallest absolute Gasteiger partial charge is 0.290 e. The molecule has 0 aromatic heterocycles. The highest BCUT2D eigenvalue weighted by atomic mass is 35.5. The van der Waals surface area contributed by atoms with Gasteiger partial charge in [0.2, 0.25) is 0 Å². The van der Waals surface area contributed by atoms with Crippen molar-refractivity contribution < 1.29 is 19.1 Å². The molecule has 1 amide bonds. The van der Waals surface area contributed by atoms with Crippen LogP contribution in [0.5, 0.6) is 5.75 Å². The van der Waals surface area contributed by atoms with Gasteiger partial charge in [0, 0.05) is 6.54 Å². The summed E-state index contributed by atoms with van der Waals surface area (Å²) in [5.74, 6) is 1.05. The molecule has 2 heterocycles. The van der Waals surface area contributed by atoms with Crippen LogP contribution in [0.1, 0.15) is 43.4 Å². The fraction of sp³-hybridized carbons (Fsp3) is 0.407. The predicted octanol–water partition coefficient (Wildman–Crippen LogP) is 5.79. The predicted molar refractivity (Wildman–Crippen MR) is 131 cm³/mol. The number of methoxy groups -OCH3 is 1. The van der Waals surface area contributed by atoms with Gasteiger partial charge in [-0.25, -0.2) is 0 Å². The Morgan fingerprint density at radius 1 is 1.06 bits per heavy atom. The summed E-state index contributed by atoms with van der Waals surface area (Å²) in [5, 5.41) is 0.824. The molecule has 2 aromatic carbocycles. The van der Waals surface area contributed by atoms with Gasteiger partial charge >= 0.3 is 0 Å². The summed E-state index contributed by atoms with van der Waals surface area (Å²) in [6, 6.07) is 12.5. The third-order valence-corrected chi connectivity index (χ3v) is 8.00. The number of amides is 1. The molecule has 1 aliphatic carbocycles. The van der Waals surface area contributed by atoms with E-state index in [1.54, 1.807) is 24.1 Å². The van der Waals surface area contributed by atoms with Gasteiger partial charge in [-0.15, -0.1) is 0 Å². The topological polar surface area (TPSA) is 55.8 Å². The SMILES string of the molecule is COc1ccc(CCN2C(=O)C3=C(C(=O)C4CC(C)CCC4O3)C2c2ccc(Cl)c(Cl)c2)cc1. The van der Waals surface area contributed by atoms with Gasteiger partial charge in [-0.1, -0.05) is 48.3 Å². The van der Waals surface area contributed by atoms with Gasteiger partial charge in [-0.3, -0.25) is 9.59 Å². The number of carbonyl (C=O) groups is 2. The lowest BCUT2D eigenvalue weighted by Crippen LogP contribution is -2.41. The first-order valence-electron chi connectivity index (χ1n) is 11.7. The van der Waals surface area contributed by atoms with E-state index in [-0.39, 0.29) is 29.5 Å². The monoisotopic (exact) mass is 499 g/mol. The van der Waals surface area contributed by atoms with E-state index in [9.17, 15) is 9.59 Å². The molecule has 34 heavy (non-hydrogen) atoms. The summed E-state index contributed by atoms with van der Waals surface area (Å²) in [5.41, 5.74) is 2.30. The Labute approximate surface area is 209 Å². The number of fused-ring (bicyclic) bond motifs is 1. The molecule has 0 saturated heterocycles. The number of ether oxygens (including phenoxy) is 2. The van der Waals surface area contributed by atoms with Gasteiger partial charge < -0.3 is 14.4 Å². The lowest BCUT2D eigenvalue weighted by molar-refractivity contribution is -0.136. The van der Waals surface area contributed by atoms with Crippen molar-refractivity contribution in [3.8, 4) is 5.75 Å². The van der Waals surface area contributed by atoms with Gasteiger partial charge in [0.15, 0.2) is 11.5 Å². The quantitative estimate of drug-likeness (QED) is 0.522. The molecule has 7 heteroatoms. The number of hydrogen-bond acceptors (Lipinski definition) is 4. The first-order chi connectivity index (χ1) is 16.4. The Balaban J connectivity index is 1.50. The Morgan fingerprint density at radius 2 is 1.82 bits per heavy atom. The average molecular weight is 500 g/mol. The molecule has 5 rings (SSSR count). The van der Waals surface area contributed by atoms with Gasteiger partial charge in [0.25, 0.3) is 5.91 Å². The van der Waals surface area contributed by atoms with Gasteiger partial charge in [-0.2, -0.15) is 0 Å². The largest absolute Gasteiger partial charge is 0.497 e. The number of Topliss-reactive ketones (excluding diaryl/α,β-unsaturated/α-hetero) is 1. The normalized spacial score (nSPS) is 26.3. The first kappa shape index (κ1) is 23.3. The van der Waals surface area contributed by atoms with E-state index >= 15 is 0 Å². The molecule has 0 bridgehead atoms. The van der Waals surface area contributed by atoms with Crippen molar-refractivity contribution in [2.24, 2.45) is 11.8 Å². The minimum Gasteiger partial charge on any atom is -0.497 e. The van der Waals surface area contributed by atoms with Crippen molar-refractivity contribution in [3.05, 3.63) is 75.0 Å². The van der Waals surface area contributed by atoms with Crippen molar-refractivity contribution in [2.75, 3.05) is 13.7 Å². The molecule has 5 nitrogen and oxygen atoms in total. The number of halogens is 2. The van der Waals surface area contributed by atoms with E-state index in [0.29, 0.717) is 34.5 Å². The van der Waals surface area contributed by atoms with E-state index < -0.39 is 6.04 Å². The highest BCUT2D eigenvalue weighted by Gasteiger charge is 2.52. The molecular formula is C27H27Cl2NO4. The van der Waals surface area contributed by atoms with Crippen LogP contribution in [0.4, 0.5) is 0 Å². The molecule has 0 N–H and O–H groups in total. The first-order valence-corrected chi connectivity index (χ1v) is 12.5. The highest BCUT2D eigenvalue weighted by Crippen LogP contribution is 2.48. The van der Waals surface area contributed by atoms with Crippen molar-refractivity contribution in [2.45, 2.75) is 44.8 Å². The number of nitrogens with zero attached hydrogens (tertiary/aromatic N) is 1. The zero-order valence-corrected chi connectivity index (χ0v) is 20.7. The second-order valence-corrected chi connectivity index (χ2v) is 10.3. The van der Waals surface area contributed by atoms with E-state index in [4.69, 9.17) is 32.7 Å². The summed E-state index contributed by atoms with van der Waals surface area (Å²) >= 11 is 12.5. The molecule has 4 unspecified atom stereocenters. The molecule has 1 fully saturated rings. The van der Waals surface area contributed by atoms with Crippen LogP contribution in [0.25, 0.3) is 0 Å². The summed E-state index contributed by atoms with van der Waals surface area (Å²) in [6.45, 7) is 2.61.